The number of allylic oxidation sites excluding steroid dienone is 1. The van der Waals surface area contributed by atoms with Crippen molar-refractivity contribution in [1.82, 2.24) is 0 Å². The van der Waals surface area contributed by atoms with Crippen molar-refractivity contribution in [2.45, 2.75) is 91.3 Å². The fourth-order valence-electron chi connectivity index (χ4n) is 10.1. The highest BCUT2D eigenvalue weighted by Gasteiger charge is 2.77. The van der Waals surface area contributed by atoms with E-state index in [4.69, 9.17) is 4.74 Å². The summed E-state index contributed by atoms with van der Waals surface area (Å²) in [5.74, 6) is 4.58. The average molecular weight is 387 g/mol. The van der Waals surface area contributed by atoms with Crippen LogP contribution in [0.3, 0.4) is 0 Å². The monoisotopic (exact) mass is 386 g/mol. The molecule has 0 aromatic carbocycles. The molecule has 5 aliphatic rings. The number of hydrogen-bond donors (Lipinski definition) is 1. The van der Waals surface area contributed by atoms with Crippen LogP contribution in [0.15, 0.2) is 12.2 Å². The van der Waals surface area contributed by atoms with E-state index in [0.29, 0.717) is 34.2 Å². The van der Waals surface area contributed by atoms with Crippen molar-refractivity contribution in [2.24, 2.45) is 51.8 Å². The van der Waals surface area contributed by atoms with Gasteiger partial charge in [-0.2, -0.15) is 0 Å². The van der Waals surface area contributed by atoms with Gasteiger partial charge in [-0.3, -0.25) is 0 Å². The Bertz CT molecular complexity index is 657. The molecule has 5 aliphatic carbocycles. The van der Waals surface area contributed by atoms with Crippen molar-refractivity contribution in [1.29, 1.82) is 0 Å². The first kappa shape index (κ1) is 19.6. The van der Waals surface area contributed by atoms with Gasteiger partial charge in [-0.25, -0.2) is 0 Å². The van der Waals surface area contributed by atoms with Gasteiger partial charge in [0.25, 0.3) is 0 Å². The third kappa shape index (κ3) is 2.23. The topological polar surface area (TPSA) is 29.5 Å². The standard InChI is InChI=1S/C26H42O2/c1-6-7-22(27)16(2)19-8-9-20-18-14-23(28-5)26-15-17(26)10-13-25(26,4)21(18)11-12-24(19,20)3/h6-7,16-23,27H,8-15H2,1-5H3/b7-6-/t16-,17-,18-,19+,20-,21-,22-,23+,24+,25+,26-/m0/s1. The van der Waals surface area contributed by atoms with Crippen LogP contribution < -0.4 is 0 Å². The highest BCUT2D eigenvalue weighted by atomic mass is 16.5. The van der Waals surface area contributed by atoms with Crippen LogP contribution in [0.25, 0.3) is 0 Å². The quantitative estimate of drug-likeness (QED) is 0.615. The van der Waals surface area contributed by atoms with E-state index in [-0.39, 0.29) is 6.10 Å². The number of aliphatic hydroxyl groups excluding tert-OH is 1. The highest BCUT2D eigenvalue weighted by Crippen LogP contribution is 2.82. The Labute approximate surface area is 172 Å². The summed E-state index contributed by atoms with van der Waals surface area (Å²) in [5.41, 5.74) is 1.46. The Hall–Kier alpha value is -0.340. The molecule has 0 amide bonds. The van der Waals surface area contributed by atoms with Crippen molar-refractivity contribution < 1.29 is 9.84 Å². The van der Waals surface area contributed by atoms with Crippen molar-refractivity contribution in [3.05, 3.63) is 12.2 Å². The predicted molar refractivity (Wildman–Crippen MR) is 114 cm³/mol. The average Bonchev–Trinajstić information content (AvgIpc) is 3.18. The number of ether oxygens (including phenoxy) is 1. The van der Waals surface area contributed by atoms with Gasteiger partial charge in [-0.1, -0.05) is 32.9 Å². The van der Waals surface area contributed by atoms with E-state index < -0.39 is 0 Å². The maximum absolute atomic E-state index is 10.7. The Kier molecular flexibility index (Phi) is 4.43. The minimum absolute atomic E-state index is 0.288. The van der Waals surface area contributed by atoms with Crippen molar-refractivity contribution in [3.8, 4) is 0 Å². The Morgan fingerprint density at radius 1 is 1.07 bits per heavy atom. The third-order valence-corrected chi connectivity index (χ3v) is 11.5. The normalized spacial score (nSPS) is 56.6. The molecule has 0 aromatic heterocycles. The summed E-state index contributed by atoms with van der Waals surface area (Å²) >= 11 is 0. The molecule has 2 heteroatoms. The molecule has 0 radical (unpaired) electrons. The molecule has 0 heterocycles. The first-order valence-electron chi connectivity index (χ1n) is 12.2. The van der Waals surface area contributed by atoms with Crippen molar-refractivity contribution in [3.63, 3.8) is 0 Å². The van der Waals surface area contributed by atoms with Crippen LogP contribution in [-0.2, 0) is 4.74 Å². The minimum Gasteiger partial charge on any atom is -0.389 e. The van der Waals surface area contributed by atoms with Gasteiger partial charge in [0, 0.05) is 12.5 Å². The van der Waals surface area contributed by atoms with E-state index in [2.05, 4.69) is 20.8 Å². The largest absolute Gasteiger partial charge is 0.389 e. The van der Waals surface area contributed by atoms with E-state index >= 15 is 0 Å². The van der Waals surface area contributed by atoms with Crippen LogP contribution in [0, 0.1) is 51.8 Å². The Morgan fingerprint density at radius 3 is 2.54 bits per heavy atom. The maximum Gasteiger partial charge on any atom is 0.0749 e. The lowest BCUT2D eigenvalue weighted by atomic mass is 9.45. The van der Waals surface area contributed by atoms with E-state index in [1.807, 2.05) is 26.2 Å². The molecule has 0 aromatic rings. The third-order valence-electron chi connectivity index (χ3n) is 11.5. The zero-order valence-corrected chi connectivity index (χ0v) is 18.8. The van der Waals surface area contributed by atoms with Crippen LogP contribution >= 0.6 is 0 Å². The highest BCUT2D eigenvalue weighted by molar-refractivity contribution is 5.26. The summed E-state index contributed by atoms with van der Waals surface area (Å²) in [6, 6.07) is 0. The summed E-state index contributed by atoms with van der Waals surface area (Å²) < 4.78 is 6.24. The van der Waals surface area contributed by atoms with Crippen LogP contribution in [-0.4, -0.2) is 24.4 Å². The smallest absolute Gasteiger partial charge is 0.0749 e. The van der Waals surface area contributed by atoms with E-state index in [0.717, 1.165) is 23.7 Å². The van der Waals surface area contributed by atoms with Gasteiger partial charge in [0.05, 0.1) is 12.2 Å². The number of rotatable bonds is 4. The van der Waals surface area contributed by atoms with Gasteiger partial charge in [0.2, 0.25) is 0 Å². The Balaban J connectivity index is 1.44. The predicted octanol–water partition coefficient (Wildman–Crippen LogP) is 5.84. The van der Waals surface area contributed by atoms with Gasteiger partial charge in [-0.05, 0) is 105 Å². The van der Waals surface area contributed by atoms with Crippen LogP contribution in [0.2, 0.25) is 0 Å². The van der Waals surface area contributed by atoms with Crippen LogP contribution in [0.4, 0.5) is 0 Å². The first-order valence-corrected chi connectivity index (χ1v) is 12.2. The second-order valence-electron chi connectivity index (χ2n) is 11.8. The number of fused-ring (bicyclic) bond motifs is 4. The molecule has 28 heavy (non-hydrogen) atoms. The molecule has 5 saturated carbocycles. The lowest BCUT2D eigenvalue weighted by Crippen LogP contribution is -2.57. The number of hydrogen-bond acceptors (Lipinski definition) is 2. The second kappa shape index (κ2) is 6.33. The summed E-state index contributed by atoms with van der Waals surface area (Å²) in [7, 11) is 1.99. The fraction of sp³-hybridized carbons (Fsp3) is 0.923. The lowest BCUT2D eigenvalue weighted by molar-refractivity contribution is -0.162. The molecule has 11 atom stereocenters. The van der Waals surface area contributed by atoms with Crippen LogP contribution in [0.1, 0.15) is 79.1 Å². The SMILES string of the molecule is C/C=C\[C@H](O)[C@@H](C)[C@H]1CC[C@H]2[C@@H]3C[C@@H](OC)[C@]45C[C@@H]4CC[C@]5(C)[C@H]3CC[C@]12C. The molecule has 1 spiro atoms. The number of methoxy groups -OCH3 is 1. The van der Waals surface area contributed by atoms with Crippen molar-refractivity contribution >= 4 is 0 Å². The van der Waals surface area contributed by atoms with E-state index in [9.17, 15) is 5.11 Å². The summed E-state index contributed by atoms with van der Waals surface area (Å²) in [6.07, 6.45) is 15.4. The van der Waals surface area contributed by atoms with Gasteiger partial charge < -0.3 is 9.84 Å². The molecule has 0 aliphatic heterocycles. The first-order chi connectivity index (χ1) is 13.3. The molecule has 0 saturated heterocycles. The summed E-state index contributed by atoms with van der Waals surface area (Å²) in [6.45, 7) is 9.58. The van der Waals surface area contributed by atoms with Crippen molar-refractivity contribution in [2.75, 3.05) is 7.11 Å². The number of aliphatic hydroxyl groups is 1. The van der Waals surface area contributed by atoms with Gasteiger partial charge in [-0.15, -0.1) is 0 Å². The molecule has 5 rings (SSSR count). The zero-order valence-electron chi connectivity index (χ0n) is 18.8. The molecular weight excluding hydrogens is 344 g/mol. The molecule has 1 N–H and O–H groups in total. The van der Waals surface area contributed by atoms with E-state index in [1.165, 1.54) is 51.4 Å². The fourth-order valence-corrected chi connectivity index (χ4v) is 10.1. The molecule has 0 bridgehead atoms. The molecule has 0 unspecified atom stereocenters. The summed E-state index contributed by atoms with van der Waals surface area (Å²) in [4.78, 5) is 0. The molecule has 2 nitrogen and oxygen atoms in total. The Morgan fingerprint density at radius 2 is 1.86 bits per heavy atom. The molecule has 158 valence electrons. The second-order valence-corrected chi connectivity index (χ2v) is 11.8. The van der Waals surface area contributed by atoms with Crippen LogP contribution in [0.5, 0.6) is 0 Å². The van der Waals surface area contributed by atoms with E-state index in [1.54, 1.807) is 0 Å². The molecule has 5 fully saturated rings. The zero-order chi connectivity index (χ0) is 19.9. The van der Waals surface area contributed by atoms with Gasteiger partial charge >= 0.3 is 0 Å². The molecular formula is C26H42O2. The lowest BCUT2D eigenvalue weighted by Gasteiger charge is -2.61. The van der Waals surface area contributed by atoms with Gasteiger partial charge in [0.15, 0.2) is 0 Å². The van der Waals surface area contributed by atoms with Gasteiger partial charge in [0.1, 0.15) is 0 Å². The summed E-state index contributed by atoms with van der Waals surface area (Å²) in [5, 5.41) is 10.7. The minimum atomic E-state index is -0.288. The maximum atomic E-state index is 10.7.